The molecule has 3 nitrogen and oxygen atoms in total. The fourth-order valence-electron chi connectivity index (χ4n) is 1.66. The lowest BCUT2D eigenvalue weighted by molar-refractivity contribution is 0.0519. The van der Waals surface area contributed by atoms with E-state index in [4.69, 9.17) is 16.3 Å². The molecule has 1 N–H and O–H groups in total. The first-order valence-corrected chi connectivity index (χ1v) is 5.59. The second kappa shape index (κ2) is 5.21. The van der Waals surface area contributed by atoms with E-state index in [0.29, 0.717) is 17.3 Å². The molecule has 0 saturated heterocycles. The number of rotatable bonds is 3. The number of halogens is 1. The summed E-state index contributed by atoms with van der Waals surface area (Å²) in [5.41, 5.74) is 3.07. The smallest absolute Gasteiger partial charge is 0.355 e. The molecule has 4 heteroatoms. The molecule has 0 aromatic carbocycles. The SMILES string of the molecule is C/C=C(\Cl)c1c(C)[nH]c(C(=O)OCC)c1C. The molecule has 1 aromatic heterocycles. The maximum Gasteiger partial charge on any atom is 0.355 e. The number of aromatic nitrogens is 1. The van der Waals surface area contributed by atoms with E-state index in [2.05, 4.69) is 4.98 Å². The lowest BCUT2D eigenvalue weighted by atomic mass is 10.1. The fourth-order valence-corrected chi connectivity index (χ4v) is 1.94. The van der Waals surface area contributed by atoms with Crippen LogP contribution >= 0.6 is 11.6 Å². The number of hydrogen-bond donors (Lipinski definition) is 1. The third-order valence-corrected chi connectivity index (χ3v) is 2.82. The molecule has 0 unspecified atom stereocenters. The summed E-state index contributed by atoms with van der Waals surface area (Å²) < 4.78 is 4.96. The third-order valence-electron chi connectivity index (χ3n) is 2.41. The quantitative estimate of drug-likeness (QED) is 0.824. The minimum atomic E-state index is -0.338. The first-order valence-electron chi connectivity index (χ1n) is 5.21. The van der Waals surface area contributed by atoms with E-state index < -0.39 is 0 Å². The Kier molecular flexibility index (Phi) is 4.19. The Hall–Kier alpha value is -1.22. The highest BCUT2D eigenvalue weighted by atomic mass is 35.5. The van der Waals surface area contributed by atoms with Gasteiger partial charge in [0.2, 0.25) is 0 Å². The zero-order valence-electron chi connectivity index (χ0n) is 9.98. The number of ether oxygens (including phenoxy) is 1. The van der Waals surface area contributed by atoms with Crippen molar-refractivity contribution in [3.63, 3.8) is 0 Å². The van der Waals surface area contributed by atoms with Crippen molar-refractivity contribution in [2.45, 2.75) is 27.7 Å². The molecule has 0 radical (unpaired) electrons. The van der Waals surface area contributed by atoms with Gasteiger partial charge in [0, 0.05) is 16.3 Å². The predicted molar refractivity (Wildman–Crippen MR) is 65.7 cm³/mol. The standard InChI is InChI=1S/C12H16ClNO2/c1-5-9(13)10-7(3)11(14-8(10)4)12(15)16-6-2/h5,14H,6H2,1-4H3/b9-5-. The Morgan fingerprint density at radius 1 is 1.50 bits per heavy atom. The van der Waals surface area contributed by atoms with Gasteiger partial charge in [-0.05, 0) is 33.3 Å². The van der Waals surface area contributed by atoms with Gasteiger partial charge in [-0.2, -0.15) is 0 Å². The van der Waals surface area contributed by atoms with Gasteiger partial charge in [-0.15, -0.1) is 0 Å². The van der Waals surface area contributed by atoms with Crippen LogP contribution in [0.15, 0.2) is 6.08 Å². The zero-order valence-corrected chi connectivity index (χ0v) is 10.7. The molecule has 0 fully saturated rings. The first-order chi connectivity index (χ1) is 7.52. The molecule has 0 aliphatic carbocycles. The van der Waals surface area contributed by atoms with Crippen LogP contribution in [-0.2, 0) is 4.74 Å². The van der Waals surface area contributed by atoms with Gasteiger partial charge in [0.1, 0.15) is 5.69 Å². The minimum absolute atomic E-state index is 0.338. The van der Waals surface area contributed by atoms with Crippen LogP contribution in [0.2, 0.25) is 0 Å². The molecule has 0 spiro atoms. The van der Waals surface area contributed by atoms with Crippen molar-refractivity contribution in [2.75, 3.05) is 6.61 Å². The fraction of sp³-hybridized carbons (Fsp3) is 0.417. The average Bonchev–Trinajstić information content (AvgIpc) is 2.54. The van der Waals surface area contributed by atoms with Crippen molar-refractivity contribution < 1.29 is 9.53 Å². The average molecular weight is 242 g/mol. The van der Waals surface area contributed by atoms with Gasteiger partial charge in [-0.25, -0.2) is 4.79 Å². The number of aromatic amines is 1. The van der Waals surface area contributed by atoms with E-state index in [9.17, 15) is 4.79 Å². The Labute approximate surface area is 100 Å². The van der Waals surface area contributed by atoms with Gasteiger partial charge in [0.25, 0.3) is 0 Å². The van der Waals surface area contributed by atoms with Crippen molar-refractivity contribution >= 4 is 22.6 Å². The van der Waals surface area contributed by atoms with Crippen LogP contribution in [-0.4, -0.2) is 17.6 Å². The summed E-state index contributed by atoms with van der Waals surface area (Å²) in [6, 6.07) is 0. The number of carbonyl (C=O) groups is 1. The second-order valence-corrected chi connectivity index (χ2v) is 3.89. The van der Waals surface area contributed by atoms with Crippen LogP contribution < -0.4 is 0 Å². The molecule has 0 aliphatic rings. The van der Waals surface area contributed by atoms with Crippen LogP contribution in [0.3, 0.4) is 0 Å². The lowest BCUT2D eigenvalue weighted by Crippen LogP contribution is -2.06. The molecule has 0 aliphatic heterocycles. The Balaban J connectivity index is 3.21. The highest BCUT2D eigenvalue weighted by molar-refractivity contribution is 6.49. The van der Waals surface area contributed by atoms with Gasteiger partial charge in [0.15, 0.2) is 0 Å². The molecule has 88 valence electrons. The highest BCUT2D eigenvalue weighted by Gasteiger charge is 2.19. The summed E-state index contributed by atoms with van der Waals surface area (Å²) in [6.45, 7) is 7.75. The number of aryl methyl sites for hydroxylation is 1. The molecule has 0 amide bonds. The third kappa shape index (κ3) is 2.30. The summed E-state index contributed by atoms with van der Waals surface area (Å²) in [6.07, 6.45) is 1.81. The normalized spacial score (nSPS) is 11.7. The van der Waals surface area contributed by atoms with Crippen molar-refractivity contribution in [3.8, 4) is 0 Å². The van der Waals surface area contributed by atoms with Crippen molar-refractivity contribution in [3.05, 3.63) is 28.6 Å². The van der Waals surface area contributed by atoms with Gasteiger partial charge in [-0.1, -0.05) is 17.7 Å². The van der Waals surface area contributed by atoms with Gasteiger partial charge < -0.3 is 9.72 Å². The summed E-state index contributed by atoms with van der Waals surface area (Å²) in [5, 5.41) is 0.641. The number of H-pyrrole nitrogens is 1. The summed E-state index contributed by atoms with van der Waals surface area (Å²) in [5.74, 6) is -0.338. The largest absolute Gasteiger partial charge is 0.461 e. The Bertz CT molecular complexity index is 432. The molecule has 0 atom stereocenters. The van der Waals surface area contributed by atoms with Crippen LogP contribution in [0, 0.1) is 13.8 Å². The van der Waals surface area contributed by atoms with Crippen molar-refractivity contribution in [1.29, 1.82) is 0 Å². The maximum atomic E-state index is 11.6. The Morgan fingerprint density at radius 3 is 2.62 bits per heavy atom. The molecule has 16 heavy (non-hydrogen) atoms. The minimum Gasteiger partial charge on any atom is -0.461 e. The molecule has 1 rings (SSSR count). The molecular formula is C12H16ClNO2. The van der Waals surface area contributed by atoms with E-state index in [1.807, 2.05) is 20.8 Å². The van der Waals surface area contributed by atoms with Gasteiger partial charge in [0.05, 0.1) is 6.61 Å². The van der Waals surface area contributed by atoms with Gasteiger partial charge >= 0.3 is 5.97 Å². The number of allylic oxidation sites excluding steroid dienone is 1. The monoisotopic (exact) mass is 241 g/mol. The number of esters is 1. The van der Waals surface area contributed by atoms with E-state index in [-0.39, 0.29) is 5.97 Å². The van der Waals surface area contributed by atoms with E-state index in [1.165, 1.54) is 0 Å². The lowest BCUT2D eigenvalue weighted by Gasteiger charge is -2.01. The molecular weight excluding hydrogens is 226 g/mol. The van der Waals surface area contributed by atoms with Crippen LogP contribution in [0.1, 0.15) is 41.2 Å². The van der Waals surface area contributed by atoms with Crippen molar-refractivity contribution in [1.82, 2.24) is 4.98 Å². The van der Waals surface area contributed by atoms with E-state index in [1.54, 1.807) is 13.0 Å². The van der Waals surface area contributed by atoms with Crippen molar-refractivity contribution in [2.24, 2.45) is 0 Å². The summed E-state index contributed by atoms with van der Waals surface area (Å²) in [4.78, 5) is 14.6. The molecule has 0 saturated carbocycles. The predicted octanol–water partition coefficient (Wildman–Crippen LogP) is 3.41. The first kappa shape index (κ1) is 12.8. The molecule has 1 aromatic rings. The number of hydrogen-bond acceptors (Lipinski definition) is 2. The highest BCUT2D eigenvalue weighted by Crippen LogP contribution is 2.28. The summed E-state index contributed by atoms with van der Waals surface area (Å²) in [7, 11) is 0. The topological polar surface area (TPSA) is 42.1 Å². The Morgan fingerprint density at radius 2 is 2.12 bits per heavy atom. The molecule has 0 bridgehead atoms. The number of nitrogens with one attached hydrogen (secondary N) is 1. The van der Waals surface area contributed by atoms with Gasteiger partial charge in [-0.3, -0.25) is 0 Å². The van der Waals surface area contributed by atoms with Crippen LogP contribution in [0.25, 0.3) is 5.03 Å². The molecule has 1 heterocycles. The van der Waals surface area contributed by atoms with E-state index in [0.717, 1.165) is 16.8 Å². The summed E-state index contributed by atoms with van der Waals surface area (Å²) >= 11 is 6.09. The second-order valence-electron chi connectivity index (χ2n) is 3.48. The maximum absolute atomic E-state index is 11.6. The zero-order chi connectivity index (χ0) is 12.3. The van der Waals surface area contributed by atoms with E-state index >= 15 is 0 Å². The van der Waals surface area contributed by atoms with Crippen LogP contribution in [0.4, 0.5) is 0 Å². The van der Waals surface area contributed by atoms with Crippen LogP contribution in [0.5, 0.6) is 0 Å². The number of carbonyl (C=O) groups excluding carboxylic acids is 1.